The number of piperidine rings is 1. The number of hydrogen-bond acceptors (Lipinski definition) is 1. The average molecular weight is 213 g/mol. The molecule has 0 N–H and O–H groups in total. The van der Waals surface area contributed by atoms with Crippen LogP contribution in [0.5, 0.6) is 0 Å². The minimum atomic E-state index is 0.0517. The molecular formula is C13H16BNO. The number of amides is 1. The van der Waals surface area contributed by atoms with Gasteiger partial charge in [-0.15, -0.1) is 0 Å². The summed E-state index contributed by atoms with van der Waals surface area (Å²) in [5.74, 6) is 0.0517. The summed E-state index contributed by atoms with van der Waals surface area (Å²) >= 11 is 0. The second-order valence-corrected chi connectivity index (χ2v) is 4.30. The normalized spacial score (nSPS) is 21.2. The van der Waals surface area contributed by atoms with Crippen LogP contribution in [0.4, 0.5) is 0 Å². The summed E-state index contributed by atoms with van der Waals surface area (Å²) < 4.78 is 0. The fraction of sp³-hybridized carbons (Fsp3) is 0.462. The quantitative estimate of drug-likeness (QED) is 0.690. The van der Waals surface area contributed by atoms with Crippen LogP contribution in [0.15, 0.2) is 24.3 Å². The standard InChI is InChI=1S/C13H16BNO/c1-2-10-6-8-11(9-7-10)12-4-3-5-13(16)15(12)14/h6-9,12H,2-5H2,1H3. The van der Waals surface area contributed by atoms with Crippen molar-refractivity contribution in [3.63, 3.8) is 0 Å². The minimum Gasteiger partial charge on any atom is -0.390 e. The molecule has 16 heavy (non-hydrogen) atoms. The maximum absolute atomic E-state index is 11.5. The van der Waals surface area contributed by atoms with Crippen molar-refractivity contribution in [2.45, 2.75) is 38.6 Å². The van der Waals surface area contributed by atoms with E-state index >= 15 is 0 Å². The molecule has 0 aliphatic carbocycles. The van der Waals surface area contributed by atoms with Crippen LogP contribution in [-0.2, 0) is 11.2 Å². The van der Waals surface area contributed by atoms with Gasteiger partial charge in [-0.2, -0.15) is 0 Å². The van der Waals surface area contributed by atoms with E-state index in [1.54, 1.807) is 0 Å². The van der Waals surface area contributed by atoms with Gasteiger partial charge >= 0.3 is 0 Å². The first kappa shape index (κ1) is 11.2. The number of nitrogens with zero attached hydrogens (tertiary/aromatic N) is 1. The Hall–Kier alpha value is -1.25. The van der Waals surface area contributed by atoms with Crippen molar-refractivity contribution in [1.82, 2.24) is 4.81 Å². The number of aryl methyl sites for hydroxylation is 1. The van der Waals surface area contributed by atoms with Crippen molar-refractivity contribution in [2.24, 2.45) is 0 Å². The van der Waals surface area contributed by atoms with Gasteiger partial charge in [-0.3, -0.25) is 4.79 Å². The van der Waals surface area contributed by atoms with Gasteiger partial charge in [-0.1, -0.05) is 31.2 Å². The van der Waals surface area contributed by atoms with Gasteiger partial charge in [0.05, 0.1) is 0 Å². The molecule has 1 aromatic carbocycles. The van der Waals surface area contributed by atoms with E-state index < -0.39 is 0 Å². The number of carbonyl (C=O) groups excluding carboxylic acids is 1. The van der Waals surface area contributed by atoms with Crippen LogP contribution in [0.3, 0.4) is 0 Å². The molecule has 2 rings (SSSR count). The zero-order chi connectivity index (χ0) is 11.5. The molecule has 0 spiro atoms. The van der Waals surface area contributed by atoms with Crippen molar-refractivity contribution in [2.75, 3.05) is 0 Å². The van der Waals surface area contributed by atoms with Crippen molar-refractivity contribution in [3.8, 4) is 0 Å². The fourth-order valence-electron chi connectivity index (χ4n) is 2.19. The van der Waals surface area contributed by atoms with Gasteiger partial charge < -0.3 is 4.81 Å². The molecule has 1 saturated heterocycles. The zero-order valence-electron chi connectivity index (χ0n) is 9.65. The van der Waals surface area contributed by atoms with Gasteiger partial charge in [-0.25, -0.2) is 0 Å². The third kappa shape index (κ3) is 2.13. The van der Waals surface area contributed by atoms with Gasteiger partial charge in [0, 0.05) is 12.5 Å². The third-order valence-electron chi connectivity index (χ3n) is 3.26. The first-order valence-electron chi connectivity index (χ1n) is 5.88. The molecule has 3 heteroatoms. The third-order valence-corrected chi connectivity index (χ3v) is 3.26. The number of carbonyl (C=O) groups is 1. The highest BCUT2D eigenvalue weighted by atomic mass is 16.2. The number of hydrogen-bond donors (Lipinski definition) is 0. The molecule has 1 unspecified atom stereocenters. The minimum absolute atomic E-state index is 0.0517. The predicted octanol–water partition coefficient (Wildman–Crippen LogP) is 2.39. The van der Waals surface area contributed by atoms with Crippen LogP contribution in [0.25, 0.3) is 0 Å². The van der Waals surface area contributed by atoms with E-state index in [2.05, 4.69) is 31.2 Å². The second-order valence-electron chi connectivity index (χ2n) is 4.30. The molecule has 1 aromatic rings. The Morgan fingerprint density at radius 2 is 2.06 bits per heavy atom. The maximum Gasteiger partial charge on any atom is 0.231 e. The van der Waals surface area contributed by atoms with Crippen LogP contribution in [0.2, 0.25) is 0 Å². The summed E-state index contributed by atoms with van der Waals surface area (Å²) in [5.41, 5.74) is 2.46. The molecule has 1 aliphatic rings. The van der Waals surface area contributed by atoms with E-state index in [1.807, 2.05) is 0 Å². The summed E-state index contributed by atoms with van der Waals surface area (Å²) in [4.78, 5) is 12.9. The molecule has 1 heterocycles. The zero-order valence-corrected chi connectivity index (χ0v) is 9.65. The van der Waals surface area contributed by atoms with E-state index in [9.17, 15) is 4.79 Å². The molecule has 2 nitrogen and oxygen atoms in total. The van der Waals surface area contributed by atoms with Gasteiger partial charge in [0.2, 0.25) is 13.9 Å². The number of benzene rings is 1. The van der Waals surface area contributed by atoms with Crippen molar-refractivity contribution in [3.05, 3.63) is 35.4 Å². The molecular weight excluding hydrogens is 197 g/mol. The second kappa shape index (κ2) is 4.73. The van der Waals surface area contributed by atoms with Crippen LogP contribution >= 0.6 is 0 Å². The van der Waals surface area contributed by atoms with Crippen LogP contribution < -0.4 is 0 Å². The molecule has 1 aliphatic heterocycles. The van der Waals surface area contributed by atoms with Gasteiger partial charge in [-0.05, 0) is 30.4 Å². The van der Waals surface area contributed by atoms with Crippen LogP contribution in [0, 0.1) is 0 Å². The smallest absolute Gasteiger partial charge is 0.231 e. The van der Waals surface area contributed by atoms with E-state index in [1.165, 1.54) is 10.4 Å². The molecule has 1 amide bonds. The van der Waals surface area contributed by atoms with E-state index in [4.69, 9.17) is 7.98 Å². The molecule has 1 fully saturated rings. The van der Waals surface area contributed by atoms with Crippen LogP contribution in [0.1, 0.15) is 43.4 Å². The molecule has 0 aromatic heterocycles. The Labute approximate surface area is 98.1 Å². The van der Waals surface area contributed by atoms with Gasteiger partial charge in [0.1, 0.15) is 0 Å². The Morgan fingerprint density at radius 1 is 1.38 bits per heavy atom. The lowest BCUT2D eigenvalue weighted by molar-refractivity contribution is -0.130. The van der Waals surface area contributed by atoms with Gasteiger partial charge in [0.25, 0.3) is 0 Å². The predicted molar refractivity (Wildman–Crippen MR) is 65.0 cm³/mol. The highest BCUT2D eigenvalue weighted by Gasteiger charge is 2.24. The Bertz CT molecular complexity index is 374. The lowest BCUT2D eigenvalue weighted by atomic mass is 9.91. The van der Waals surface area contributed by atoms with Crippen molar-refractivity contribution in [1.29, 1.82) is 0 Å². The van der Waals surface area contributed by atoms with Crippen molar-refractivity contribution < 1.29 is 4.79 Å². The summed E-state index contributed by atoms with van der Waals surface area (Å²) in [6.07, 6.45) is 3.52. The molecule has 1 atom stereocenters. The van der Waals surface area contributed by atoms with Gasteiger partial charge in [0.15, 0.2) is 0 Å². The number of rotatable bonds is 2. The highest BCUT2D eigenvalue weighted by molar-refractivity contribution is 6.14. The SMILES string of the molecule is [B]N1C(=O)CCCC1c1ccc(CC)cc1. The summed E-state index contributed by atoms with van der Waals surface area (Å²) in [6.45, 7) is 2.13. The lowest BCUT2D eigenvalue weighted by Gasteiger charge is -2.33. The average Bonchev–Trinajstić information content (AvgIpc) is 2.33. The largest absolute Gasteiger partial charge is 0.390 e. The first-order chi connectivity index (χ1) is 7.72. The molecule has 82 valence electrons. The van der Waals surface area contributed by atoms with E-state index in [0.29, 0.717) is 6.42 Å². The first-order valence-corrected chi connectivity index (χ1v) is 5.88. The molecule has 2 radical (unpaired) electrons. The Balaban J connectivity index is 2.19. The van der Waals surface area contributed by atoms with E-state index in [-0.39, 0.29) is 11.9 Å². The van der Waals surface area contributed by atoms with E-state index in [0.717, 1.165) is 24.8 Å². The fourth-order valence-corrected chi connectivity index (χ4v) is 2.19. The topological polar surface area (TPSA) is 20.3 Å². The maximum atomic E-state index is 11.5. The Kier molecular flexibility index (Phi) is 3.32. The summed E-state index contributed by atoms with van der Waals surface area (Å²) in [5, 5.41) is 0. The molecule has 0 bridgehead atoms. The van der Waals surface area contributed by atoms with Crippen LogP contribution in [-0.4, -0.2) is 18.7 Å². The lowest BCUT2D eigenvalue weighted by Crippen LogP contribution is -2.35. The summed E-state index contributed by atoms with van der Waals surface area (Å²) in [6, 6.07) is 8.46. The van der Waals surface area contributed by atoms with Crippen molar-refractivity contribution >= 4 is 13.9 Å². The summed E-state index contributed by atoms with van der Waals surface area (Å²) in [7, 11) is 5.81. The Morgan fingerprint density at radius 3 is 2.69 bits per heavy atom. The molecule has 0 saturated carbocycles. The highest BCUT2D eigenvalue weighted by Crippen LogP contribution is 2.29. The monoisotopic (exact) mass is 213 g/mol.